The van der Waals surface area contributed by atoms with E-state index in [1.54, 1.807) is 0 Å². The highest BCUT2D eigenvalue weighted by Gasteiger charge is 1.96. The number of nitrogens with one attached hydrogen (secondary N) is 3. The normalized spacial score (nSPS) is 13.7. The van der Waals surface area contributed by atoms with Gasteiger partial charge in [0.05, 0.1) is 0 Å². The molecule has 1 aliphatic rings. The minimum absolute atomic E-state index is 0.739. The number of rotatable bonds is 8. The molecule has 5 N–H and O–H groups in total. The van der Waals surface area contributed by atoms with E-state index in [1.165, 1.54) is 32.4 Å². The van der Waals surface area contributed by atoms with Gasteiger partial charge in [-0.05, 0) is 62.7 Å². The first-order chi connectivity index (χ1) is 10.1. The summed E-state index contributed by atoms with van der Waals surface area (Å²) in [5, 5.41) is 19.8. The Hall–Kier alpha value is -0.800. The Kier molecular flexibility index (Phi) is 15.0. The van der Waals surface area contributed by atoms with Crippen LogP contribution in [-0.2, 0) is 0 Å². The van der Waals surface area contributed by atoms with E-state index >= 15 is 0 Å². The first-order valence-electron chi connectivity index (χ1n) is 7.05. The van der Waals surface area contributed by atoms with Crippen molar-refractivity contribution in [3.05, 3.63) is 0 Å². The first kappa shape index (κ1) is 20.2. The SMILES string of the molecule is C1CCNCC1.O=C(O)NSCCCCCSNC(=O)O. The molecule has 1 rings (SSSR count). The maximum atomic E-state index is 10.0. The third kappa shape index (κ3) is 19.2. The molecule has 0 unspecified atom stereocenters. The van der Waals surface area contributed by atoms with Crippen molar-refractivity contribution in [2.75, 3.05) is 24.6 Å². The van der Waals surface area contributed by atoms with Crippen LogP contribution < -0.4 is 14.8 Å². The largest absolute Gasteiger partial charge is 0.464 e. The summed E-state index contributed by atoms with van der Waals surface area (Å²) in [5.74, 6) is 1.48. The van der Waals surface area contributed by atoms with Crippen molar-refractivity contribution in [3.8, 4) is 0 Å². The maximum absolute atomic E-state index is 10.0. The highest BCUT2D eigenvalue weighted by molar-refractivity contribution is 7.98. The second-order valence-corrected chi connectivity index (χ2v) is 6.18. The molecular formula is C12H25N3O4S2. The standard InChI is InChI=1S/C7H14N2O4S2.C5H11N/c10-6(11)8-14-4-2-1-3-5-15-9-7(12)13;1-2-4-6-5-3-1/h8-9H,1-5H2,(H,10,11)(H,12,13);6H,1-5H2. The molecule has 0 saturated carbocycles. The monoisotopic (exact) mass is 339 g/mol. The summed E-state index contributed by atoms with van der Waals surface area (Å²) >= 11 is 2.33. The number of carbonyl (C=O) groups is 2. The van der Waals surface area contributed by atoms with Crippen LogP contribution in [0.1, 0.15) is 38.5 Å². The Bertz CT molecular complexity index is 248. The fraction of sp³-hybridized carbons (Fsp3) is 0.833. The number of hydrogen-bond donors (Lipinski definition) is 5. The number of carboxylic acid groups (broad SMARTS) is 2. The van der Waals surface area contributed by atoms with Gasteiger partial charge in [0.1, 0.15) is 0 Å². The first-order valence-corrected chi connectivity index (χ1v) is 9.02. The molecule has 7 nitrogen and oxygen atoms in total. The lowest BCUT2D eigenvalue weighted by Gasteiger charge is -2.08. The summed E-state index contributed by atoms with van der Waals surface area (Å²) in [6, 6.07) is 0. The van der Waals surface area contributed by atoms with Gasteiger partial charge in [-0.3, -0.25) is 9.44 Å². The van der Waals surface area contributed by atoms with E-state index < -0.39 is 12.2 Å². The van der Waals surface area contributed by atoms with Crippen LogP contribution in [0.5, 0.6) is 0 Å². The molecule has 2 amide bonds. The average molecular weight is 339 g/mol. The van der Waals surface area contributed by atoms with Crippen molar-refractivity contribution in [3.63, 3.8) is 0 Å². The van der Waals surface area contributed by atoms with E-state index in [1.807, 2.05) is 0 Å². The lowest BCUT2D eigenvalue weighted by Crippen LogP contribution is -2.21. The minimum Gasteiger partial charge on any atom is -0.464 e. The summed E-state index contributed by atoms with van der Waals surface area (Å²) in [4.78, 5) is 20.1. The lowest BCUT2D eigenvalue weighted by atomic mass is 10.2. The van der Waals surface area contributed by atoms with Crippen molar-refractivity contribution >= 4 is 36.1 Å². The fourth-order valence-electron chi connectivity index (χ4n) is 1.55. The zero-order valence-electron chi connectivity index (χ0n) is 12.1. The lowest BCUT2D eigenvalue weighted by molar-refractivity contribution is 0.200. The number of unbranched alkanes of at least 4 members (excludes halogenated alkanes) is 2. The average Bonchev–Trinajstić information content (AvgIpc) is 2.47. The van der Waals surface area contributed by atoms with Crippen molar-refractivity contribution < 1.29 is 19.8 Å². The molecule has 0 atom stereocenters. The van der Waals surface area contributed by atoms with Gasteiger partial charge in [0.2, 0.25) is 0 Å². The predicted molar refractivity (Wildman–Crippen MR) is 87.8 cm³/mol. The van der Waals surface area contributed by atoms with E-state index in [0.29, 0.717) is 0 Å². The molecule has 0 bridgehead atoms. The molecule has 1 fully saturated rings. The quantitative estimate of drug-likeness (QED) is 0.341. The third-order valence-corrected chi connectivity index (χ3v) is 4.14. The van der Waals surface area contributed by atoms with Crippen LogP contribution >= 0.6 is 23.9 Å². The third-order valence-electron chi connectivity index (χ3n) is 2.52. The van der Waals surface area contributed by atoms with E-state index in [9.17, 15) is 9.59 Å². The molecule has 1 saturated heterocycles. The Labute approximate surface area is 134 Å². The van der Waals surface area contributed by atoms with Gasteiger partial charge >= 0.3 is 12.2 Å². The second-order valence-electron chi connectivity index (χ2n) is 4.38. The van der Waals surface area contributed by atoms with Crippen molar-refractivity contribution in [2.24, 2.45) is 0 Å². The molecule has 0 radical (unpaired) electrons. The molecule has 0 spiro atoms. The van der Waals surface area contributed by atoms with Crippen molar-refractivity contribution in [2.45, 2.75) is 38.5 Å². The highest BCUT2D eigenvalue weighted by Crippen LogP contribution is 2.06. The van der Waals surface area contributed by atoms with Gasteiger partial charge in [0.15, 0.2) is 0 Å². The molecule has 0 aromatic rings. The van der Waals surface area contributed by atoms with Crippen LogP contribution in [0.3, 0.4) is 0 Å². The van der Waals surface area contributed by atoms with E-state index in [4.69, 9.17) is 10.2 Å². The van der Waals surface area contributed by atoms with E-state index in [-0.39, 0.29) is 0 Å². The Morgan fingerprint density at radius 3 is 1.62 bits per heavy atom. The van der Waals surface area contributed by atoms with Gasteiger partial charge in [-0.15, -0.1) is 0 Å². The second kappa shape index (κ2) is 15.6. The molecule has 1 heterocycles. The van der Waals surface area contributed by atoms with E-state index in [2.05, 4.69) is 14.8 Å². The molecule has 0 aromatic carbocycles. The summed E-state index contributed by atoms with van der Waals surface area (Å²) in [6.45, 7) is 2.50. The molecule has 124 valence electrons. The van der Waals surface area contributed by atoms with Crippen LogP contribution in [0.4, 0.5) is 9.59 Å². The van der Waals surface area contributed by atoms with Gasteiger partial charge in [0.25, 0.3) is 0 Å². The minimum atomic E-state index is -1.03. The zero-order chi connectivity index (χ0) is 15.8. The Balaban J connectivity index is 0.000000547. The van der Waals surface area contributed by atoms with Gasteiger partial charge in [-0.1, -0.05) is 12.8 Å². The molecule has 0 aromatic heterocycles. The predicted octanol–water partition coefficient (Wildman–Crippen LogP) is 2.75. The fourth-order valence-corrected chi connectivity index (χ4v) is 2.70. The molecule has 1 aliphatic heterocycles. The van der Waals surface area contributed by atoms with Crippen LogP contribution in [-0.4, -0.2) is 47.0 Å². The van der Waals surface area contributed by atoms with Gasteiger partial charge in [-0.25, -0.2) is 9.59 Å². The number of piperidine rings is 1. The maximum Gasteiger partial charge on any atom is 0.414 e. The van der Waals surface area contributed by atoms with Crippen LogP contribution in [0.2, 0.25) is 0 Å². The van der Waals surface area contributed by atoms with Crippen LogP contribution in [0.25, 0.3) is 0 Å². The molecule has 0 aliphatic carbocycles. The number of amides is 2. The van der Waals surface area contributed by atoms with Gasteiger partial charge in [-0.2, -0.15) is 0 Å². The Morgan fingerprint density at radius 2 is 1.33 bits per heavy atom. The van der Waals surface area contributed by atoms with E-state index in [0.717, 1.165) is 54.7 Å². The van der Waals surface area contributed by atoms with Crippen LogP contribution in [0.15, 0.2) is 0 Å². The molecule has 9 heteroatoms. The summed E-state index contributed by atoms with van der Waals surface area (Å²) < 4.78 is 4.40. The summed E-state index contributed by atoms with van der Waals surface area (Å²) in [5.41, 5.74) is 0. The Morgan fingerprint density at radius 1 is 0.857 bits per heavy atom. The summed E-state index contributed by atoms with van der Waals surface area (Å²) in [6.07, 6.45) is 4.95. The zero-order valence-corrected chi connectivity index (χ0v) is 13.7. The van der Waals surface area contributed by atoms with Gasteiger partial charge < -0.3 is 15.5 Å². The molecular weight excluding hydrogens is 314 g/mol. The van der Waals surface area contributed by atoms with Crippen molar-refractivity contribution in [1.29, 1.82) is 0 Å². The molecule has 21 heavy (non-hydrogen) atoms. The van der Waals surface area contributed by atoms with Crippen LogP contribution in [0, 0.1) is 0 Å². The van der Waals surface area contributed by atoms with Gasteiger partial charge in [0, 0.05) is 11.5 Å². The number of hydrogen-bond acceptors (Lipinski definition) is 5. The summed E-state index contributed by atoms with van der Waals surface area (Å²) in [7, 11) is 0. The highest BCUT2D eigenvalue weighted by atomic mass is 32.2. The van der Waals surface area contributed by atoms with Crippen molar-refractivity contribution in [1.82, 2.24) is 14.8 Å². The smallest absolute Gasteiger partial charge is 0.414 e. The topological polar surface area (TPSA) is 111 Å².